The molecule has 1 aliphatic rings. The molecule has 1 fully saturated rings. The van der Waals surface area contributed by atoms with Crippen LogP contribution < -0.4 is 10.2 Å². The van der Waals surface area contributed by atoms with Crippen LogP contribution in [0.4, 0.5) is 0 Å². The maximum atomic E-state index is 9.43. The van der Waals surface area contributed by atoms with Crippen molar-refractivity contribution in [3.63, 3.8) is 0 Å². The van der Waals surface area contributed by atoms with Crippen molar-refractivity contribution in [3.05, 3.63) is 23.8 Å². The van der Waals surface area contributed by atoms with Crippen molar-refractivity contribution in [3.8, 4) is 5.75 Å². The summed E-state index contributed by atoms with van der Waals surface area (Å²) in [5.74, 6) is 0.508. The van der Waals surface area contributed by atoms with Gasteiger partial charge in [-0.2, -0.15) is 0 Å². The number of nitrogens with zero attached hydrogens (tertiary/aromatic N) is 2. The lowest BCUT2D eigenvalue weighted by molar-refractivity contribution is 0.129. The number of hydrogen-bond acceptors (Lipinski definition) is 5. The fourth-order valence-corrected chi connectivity index (χ4v) is 3.00. The van der Waals surface area contributed by atoms with Gasteiger partial charge in [0.25, 0.3) is 0 Å². The normalized spacial score (nSPS) is 19.8. The molecule has 1 aliphatic heterocycles. The predicted molar refractivity (Wildman–Crippen MR) is 84.8 cm³/mol. The number of likely N-dealkylation sites (tertiary alicyclic amines) is 1. The minimum atomic E-state index is -1.51. The second kappa shape index (κ2) is 7.27. The second-order valence-electron chi connectivity index (χ2n) is 5.92. The van der Waals surface area contributed by atoms with E-state index in [0.29, 0.717) is 17.3 Å². The first-order valence-electron chi connectivity index (χ1n) is 7.43. The number of hydrogen-bond donors (Lipinski definition) is 2. The van der Waals surface area contributed by atoms with Gasteiger partial charge in [0, 0.05) is 24.6 Å². The van der Waals surface area contributed by atoms with Crippen molar-refractivity contribution in [1.82, 2.24) is 9.80 Å². The largest absolute Gasteiger partial charge is 0.497 e. The molecule has 0 spiro atoms. The lowest BCUT2D eigenvalue weighted by atomic mass is 9.78. The molecule has 5 nitrogen and oxygen atoms in total. The molecule has 116 valence electrons. The predicted octanol–water partition coefficient (Wildman–Crippen LogP) is -0.0990. The van der Waals surface area contributed by atoms with Gasteiger partial charge in [0.15, 0.2) is 0 Å². The molecule has 2 N–H and O–H groups in total. The summed E-state index contributed by atoms with van der Waals surface area (Å²) in [5.41, 5.74) is 1.48. The van der Waals surface area contributed by atoms with Crippen LogP contribution in [0.2, 0.25) is 0 Å². The van der Waals surface area contributed by atoms with Crippen LogP contribution in [0, 0.1) is 0 Å². The molecule has 0 aliphatic carbocycles. The first-order valence-corrected chi connectivity index (χ1v) is 7.43. The first-order chi connectivity index (χ1) is 10.0. The minimum absolute atomic E-state index is 0.421. The molecule has 0 amide bonds. The van der Waals surface area contributed by atoms with E-state index in [4.69, 9.17) is 4.74 Å². The fourth-order valence-electron chi connectivity index (χ4n) is 3.00. The average molecular weight is 292 g/mol. The lowest BCUT2D eigenvalue weighted by Gasteiger charge is -2.36. The zero-order valence-electron chi connectivity index (χ0n) is 13.1. The van der Waals surface area contributed by atoms with Gasteiger partial charge in [0.1, 0.15) is 5.75 Å². The molecule has 0 aromatic heterocycles. The van der Waals surface area contributed by atoms with Gasteiger partial charge in [0.05, 0.1) is 7.11 Å². The highest BCUT2D eigenvalue weighted by Crippen LogP contribution is 2.17. The van der Waals surface area contributed by atoms with Gasteiger partial charge < -0.3 is 19.7 Å². The van der Waals surface area contributed by atoms with Crippen molar-refractivity contribution >= 4 is 12.6 Å². The second-order valence-corrected chi connectivity index (χ2v) is 5.92. The summed E-state index contributed by atoms with van der Waals surface area (Å²) < 4.78 is 5.16. The smallest absolute Gasteiger partial charge is 0.492 e. The highest BCUT2D eigenvalue weighted by Gasteiger charge is 2.22. The Labute approximate surface area is 127 Å². The van der Waals surface area contributed by atoms with Crippen LogP contribution in [0.25, 0.3) is 0 Å². The van der Waals surface area contributed by atoms with Gasteiger partial charge in [-0.05, 0) is 45.1 Å². The number of benzene rings is 1. The van der Waals surface area contributed by atoms with Crippen molar-refractivity contribution in [1.29, 1.82) is 0 Å². The summed E-state index contributed by atoms with van der Waals surface area (Å²) in [6.07, 6.45) is 2.45. The van der Waals surface area contributed by atoms with Crippen molar-refractivity contribution in [2.75, 3.05) is 34.3 Å². The third kappa shape index (κ3) is 4.20. The quantitative estimate of drug-likeness (QED) is 0.742. The molecular formula is C15H25BN2O3. The minimum Gasteiger partial charge on any atom is -0.497 e. The SMILES string of the molecule is COc1ccc(CN(C)C2CCCN(C)C2)cc1B(O)O. The molecule has 1 atom stereocenters. The Bertz CT molecular complexity index is 470. The van der Waals surface area contributed by atoms with E-state index < -0.39 is 7.12 Å². The van der Waals surface area contributed by atoms with E-state index in [2.05, 4.69) is 23.9 Å². The molecule has 2 rings (SSSR count). The van der Waals surface area contributed by atoms with Crippen molar-refractivity contribution in [2.45, 2.75) is 25.4 Å². The number of likely N-dealkylation sites (N-methyl/N-ethyl adjacent to an activating group) is 2. The van der Waals surface area contributed by atoms with Gasteiger partial charge >= 0.3 is 7.12 Å². The summed E-state index contributed by atoms with van der Waals surface area (Å²) in [7, 11) is 4.31. The first kappa shape index (κ1) is 16.3. The van der Waals surface area contributed by atoms with Crippen LogP contribution in [0.5, 0.6) is 5.75 Å². The molecule has 0 bridgehead atoms. The summed E-state index contributed by atoms with van der Waals surface area (Å²) >= 11 is 0. The molecule has 6 heteroatoms. The molecular weight excluding hydrogens is 267 g/mol. The van der Waals surface area contributed by atoms with Gasteiger partial charge in [-0.1, -0.05) is 12.1 Å². The molecule has 1 unspecified atom stereocenters. The van der Waals surface area contributed by atoms with Crippen LogP contribution in [-0.4, -0.2) is 67.3 Å². The van der Waals surface area contributed by atoms with Crippen LogP contribution in [0.15, 0.2) is 18.2 Å². The fraction of sp³-hybridized carbons (Fsp3) is 0.600. The van der Waals surface area contributed by atoms with Crippen LogP contribution in [-0.2, 0) is 6.54 Å². The zero-order valence-corrected chi connectivity index (χ0v) is 13.1. The Morgan fingerprint density at radius 3 is 2.81 bits per heavy atom. The Morgan fingerprint density at radius 2 is 2.19 bits per heavy atom. The average Bonchev–Trinajstić information content (AvgIpc) is 2.47. The summed E-state index contributed by atoms with van der Waals surface area (Å²) in [6.45, 7) is 3.05. The Kier molecular flexibility index (Phi) is 5.64. The standard InChI is InChI=1S/C15H25BN2O3/c1-17-8-4-5-13(11-17)18(2)10-12-6-7-15(21-3)14(9-12)16(19)20/h6-7,9,13,19-20H,4-5,8,10-11H2,1-3H3. The van der Waals surface area contributed by atoms with Gasteiger partial charge in [-0.3, -0.25) is 4.90 Å². The number of methoxy groups -OCH3 is 1. The van der Waals surface area contributed by atoms with Gasteiger partial charge in [-0.15, -0.1) is 0 Å². The highest BCUT2D eigenvalue weighted by molar-refractivity contribution is 6.59. The molecule has 0 radical (unpaired) electrons. The molecule has 1 aromatic carbocycles. The molecule has 0 saturated carbocycles. The molecule has 21 heavy (non-hydrogen) atoms. The van der Waals surface area contributed by atoms with Crippen LogP contribution >= 0.6 is 0 Å². The van der Waals surface area contributed by atoms with Crippen molar-refractivity contribution in [2.24, 2.45) is 0 Å². The van der Waals surface area contributed by atoms with Crippen LogP contribution in [0.3, 0.4) is 0 Å². The third-order valence-electron chi connectivity index (χ3n) is 4.23. The van der Waals surface area contributed by atoms with E-state index in [1.165, 1.54) is 26.5 Å². The summed E-state index contributed by atoms with van der Waals surface area (Å²) in [4.78, 5) is 4.70. The third-order valence-corrected chi connectivity index (χ3v) is 4.23. The summed E-state index contributed by atoms with van der Waals surface area (Å²) in [6, 6.07) is 6.14. The molecule has 1 saturated heterocycles. The Hall–Kier alpha value is -1.08. The Morgan fingerprint density at radius 1 is 1.43 bits per heavy atom. The molecule has 1 heterocycles. The van der Waals surface area contributed by atoms with Crippen molar-refractivity contribution < 1.29 is 14.8 Å². The van der Waals surface area contributed by atoms with Crippen LogP contribution in [0.1, 0.15) is 18.4 Å². The number of piperidine rings is 1. The monoisotopic (exact) mass is 292 g/mol. The number of ether oxygens (including phenoxy) is 1. The van der Waals surface area contributed by atoms with E-state index >= 15 is 0 Å². The maximum absolute atomic E-state index is 9.43. The summed E-state index contributed by atoms with van der Waals surface area (Å²) in [5, 5.41) is 18.9. The topological polar surface area (TPSA) is 56.2 Å². The maximum Gasteiger partial charge on any atom is 0.492 e. The van der Waals surface area contributed by atoms with E-state index in [1.54, 1.807) is 6.07 Å². The van der Waals surface area contributed by atoms with Gasteiger partial charge in [0.2, 0.25) is 0 Å². The van der Waals surface area contributed by atoms with Gasteiger partial charge in [-0.25, -0.2) is 0 Å². The van der Waals surface area contributed by atoms with E-state index in [-0.39, 0.29) is 0 Å². The lowest BCUT2D eigenvalue weighted by Crippen LogP contribution is -2.44. The highest BCUT2D eigenvalue weighted by atomic mass is 16.5. The van der Waals surface area contributed by atoms with E-state index in [1.807, 2.05) is 12.1 Å². The van der Waals surface area contributed by atoms with E-state index in [0.717, 1.165) is 18.7 Å². The molecule has 1 aromatic rings. The Balaban J connectivity index is 2.06. The number of rotatable bonds is 5. The van der Waals surface area contributed by atoms with E-state index in [9.17, 15) is 10.0 Å². The zero-order chi connectivity index (χ0) is 15.4.